The van der Waals surface area contributed by atoms with Crippen molar-refractivity contribution in [3.05, 3.63) is 18.0 Å². The van der Waals surface area contributed by atoms with Gasteiger partial charge in [-0.1, -0.05) is 19.3 Å². The first-order chi connectivity index (χ1) is 9.20. The molecule has 1 fully saturated rings. The van der Waals surface area contributed by atoms with E-state index in [4.69, 9.17) is 4.74 Å². The molecule has 0 aliphatic heterocycles. The van der Waals surface area contributed by atoms with Crippen LogP contribution in [0.15, 0.2) is 12.3 Å². The molecule has 1 N–H and O–H groups in total. The number of hydrogen-bond donors (Lipinski definition) is 1. The van der Waals surface area contributed by atoms with Crippen molar-refractivity contribution < 1.29 is 9.84 Å². The van der Waals surface area contributed by atoms with E-state index in [1.165, 1.54) is 32.1 Å². The van der Waals surface area contributed by atoms with E-state index >= 15 is 0 Å². The van der Waals surface area contributed by atoms with Crippen LogP contribution in [0.25, 0.3) is 0 Å². The standard InChI is InChI=1S/C15H26N2O2/c1-3-19-15(12-7-5-4-6-8-12)14(18)11-13-9-10-17(2)16-13/h9-10,12,14-15,18H,3-8,11H2,1-2H3. The van der Waals surface area contributed by atoms with Crippen molar-refractivity contribution in [3.63, 3.8) is 0 Å². The van der Waals surface area contributed by atoms with Crippen LogP contribution >= 0.6 is 0 Å². The summed E-state index contributed by atoms with van der Waals surface area (Å²) in [6.07, 6.45) is 8.25. The van der Waals surface area contributed by atoms with Gasteiger partial charge in [-0.15, -0.1) is 0 Å². The summed E-state index contributed by atoms with van der Waals surface area (Å²) in [4.78, 5) is 0. The largest absolute Gasteiger partial charge is 0.390 e. The van der Waals surface area contributed by atoms with Crippen LogP contribution in [-0.4, -0.2) is 33.7 Å². The zero-order valence-corrected chi connectivity index (χ0v) is 12.1. The van der Waals surface area contributed by atoms with Gasteiger partial charge < -0.3 is 9.84 Å². The number of rotatable bonds is 6. The first kappa shape index (κ1) is 14.5. The van der Waals surface area contributed by atoms with Gasteiger partial charge in [0.15, 0.2) is 0 Å². The lowest BCUT2D eigenvalue weighted by Gasteiger charge is -2.33. The number of hydrogen-bond acceptors (Lipinski definition) is 3. The van der Waals surface area contributed by atoms with E-state index in [9.17, 15) is 5.11 Å². The average Bonchev–Trinajstić information content (AvgIpc) is 2.82. The molecule has 0 bridgehead atoms. The van der Waals surface area contributed by atoms with Gasteiger partial charge in [-0.3, -0.25) is 4.68 Å². The highest BCUT2D eigenvalue weighted by molar-refractivity contribution is 5.01. The van der Waals surface area contributed by atoms with E-state index in [0.29, 0.717) is 18.9 Å². The van der Waals surface area contributed by atoms with E-state index in [0.717, 1.165) is 5.69 Å². The highest BCUT2D eigenvalue weighted by atomic mass is 16.5. The fourth-order valence-corrected chi connectivity index (χ4v) is 3.12. The summed E-state index contributed by atoms with van der Waals surface area (Å²) in [6.45, 7) is 2.67. The second-order valence-corrected chi connectivity index (χ2v) is 5.57. The Morgan fingerprint density at radius 2 is 2.16 bits per heavy atom. The molecule has 1 aromatic rings. The molecule has 4 nitrogen and oxygen atoms in total. The average molecular weight is 266 g/mol. The van der Waals surface area contributed by atoms with Crippen molar-refractivity contribution in [1.82, 2.24) is 9.78 Å². The summed E-state index contributed by atoms with van der Waals surface area (Å²) >= 11 is 0. The molecule has 1 aliphatic rings. The molecular formula is C15H26N2O2. The normalized spacial score (nSPS) is 20.4. The van der Waals surface area contributed by atoms with Crippen molar-refractivity contribution in [2.24, 2.45) is 13.0 Å². The van der Waals surface area contributed by atoms with Crippen molar-refractivity contribution in [1.29, 1.82) is 0 Å². The molecule has 1 heterocycles. The van der Waals surface area contributed by atoms with Crippen LogP contribution in [0, 0.1) is 5.92 Å². The quantitative estimate of drug-likeness (QED) is 0.859. The van der Waals surface area contributed by atoms with Crippen molar-refractivity contribution in [3.8, 4) is 0 Å². The van der Waals surface area contributed by atoms with Crippen LogP contribution in [0.3, 0.4) is 0 Å². The molecule has 108 valence electrons. The molecule has 0 saturated heterocycles. The summed E-state index contributed by atoms with van der Waals surface area (Å²) in [7, 11) is 1.90. The zero-order valence-electron chi connectivity index (χ0n) is 12.1. The summed E-state index contributed by atoms with van der Waals surface area (Å²) in [5, 5.41) is 14.8. The number of ether oxygens (including phenoxy) is 1. The first-order valence-corrected chi connectivity index (χ1v) is 7.49. The van der Waals surface area contributed by atoms with Gasteiger partial charge in [0.25, 0.3) is 0 Å². The van der Waals surface area contributed by atoms with Crippen LogP contribution in [0.1, 0.15) is 44.7 Å². The minimum atomic E-state index is -0.446. The fourth-order valence-electron chi connectivity index (χ4n) is 3.12. The molecule has 0 aromatic carbocycles. The summed E-state index contributed by atoms with van der Waals surface area (Å²) in [6, 6.07) is 1.97. The van der Waals surface area contributed by atoms with Crippen LogP contribution in [0.4, 0.5) is 0 Å². The van der Waals surface area contributed by atoms with Gasteiger partial charge in [-0.25, -0.2) is 0 Å². The minimum absolute atomic E-state index is 0.0349. The number of aromatic nitrogens is 2. The Bertz CT molecular complexity index is 372. The number of aliphatic hydroxyl groups is 1. The van der Waals surface area contributed by atoms with E-state index in [2.05, 4.69) is 5.10 Å². The SMILES string of the molecule is CCOC(C(O)Cc1ccn(C)n1)C1CCCCC1. The van der Waals surface area contributed by atoms with Crippen LogP contribution in [0.5, 0.6) is 0 Å². The lowest BCUT2D eigenvalue weighted by Crippen LogP contribution is -2.38. The Labute approximate surface area is 115 Å². The lowest BCUT2D eigenvalue weighted by atomic mass is 9.82. The Morgan fingerprint density at radius 1 is 1.42 bits per heavy atom. The highest BCUT2D eigenvalue weighted by Crippen LogP contribution is 2.30. The monoisotopic (exact) mass is 266 g/mol. The van der Waals surface area contributed by atoms with E-state index in [-0.39, 0.29) is 6.10 Å². The lowest BCUT2D eigenvalue weighted by molar-refractivity contribution is -0.0718. The highest BCUT2D eigenvalue weighted by Gasteiger charge is 2.30. The van der Waals surface area contributed by atoms with Crippen LogP contribution in [0.2, 0.25) is 0 Å². The molecule has 1 saturated carbocycles. The van der Waals surface area contributed by atoms with Gasteiger partial charge in [0.2, 0.25) is 0 Å². The van der Waals surface area contributed by atoms with E-state index in [1.807, 2.05) is 26.2 Å². The Balaban J connectivity index is 1.96. The van der Waals surface area contributed by atoms with E-state index < -0.39 is 6.10 Å². The number of aliphatic hydroxyl groups excluding tert-OH is 1. The molecule has 0 spiro atoms. The second kappa shape index (κ2) is 7.06. The molecular weight excluding hydrogens is 240 g/mol. The third-order valence-corrected chi connectivity index (χ3v) is 4.04. The molecule has 1 aromatic heterocycles. The number of aryl methyl sites for hydroxylation is 1. The van der Waals surface area contributed by atoms with Crippen LogP contribution < -0.4 is 0 Å². The number of nitrogens with zero attached hydrogens (tertiary/aromatic N) is 2. The third kappa shape index (κ3) is 4.05. The molecule has 1 aliphatic carbocycles. The van der Waals surface area contributed by atoms with Crippen LogP contribution in [-0.2, 0) is 18.2 Å². The van der Waals surface area contributed by atoms with Crippen molar-refractivity contribution in [2.45, 2.75) is 57.7 Å². The van der Waals surface area contributed by atoms with Gasteiger partial charge in [0.1, 0.15) is 0 Å². The molecule has 2 rings (SSSR count). The molecule has 0 amide bonds. The smallest absolute Gasteiger partial charge is 0.0865 e. The van der Waals surface area contributed by atoms with Gasteiger partial charge in [0, 0.05) is 26.3 Å². The maximum absolute atomic E-state index is 10.5. The fraction of sp³-hybridized carbons (Fsp3) is 0.800. The first-order valence-electron chi connectivity index (χ1n) is 7.49. The molecule has 19 heavy (non-hydrogen) atoms. The molecule has 2 unspecified atom stereocenters. The maximum Gasteiger partial charge on any atom is 0.0865 e. The zero-order chi connectivity index (χ0) is 13.7. The summed E-state index contributed by atoms with van der Waals surface area (Å²) in [5.41, 5.74) is 0.940. The molecule has 2 atom stereocenters. The van der Waals surface area contributed by atoms with Gasteiger partial charge in [-0.2, -0.15) is 5.10 Å². The third-order valence-electron chi connectivity index (χ3n) is 4.04. The second-order valence-electron chi connectivity index (χ2n) is 5.57. The van der Waals surface area contributed by atoms with Gasteiger partial charge in [-0.05, 0) is 31.7 Å². The minimum Gasteiger partial charge on any atom is -0.390 e. The van der Waals surface area contributed by atoms with Gasteiger partial charge >= 0.3 is 0 Å². The summed E-state index contributed by atoms with van der Waals surface area (Å²) in [5.74, 6) is 0.507. The predicted molar refractivity (Wildman–Crippen MR) is 74.9 cm³/mol. The topological polar surface area (TPSA) is 47.3 Å². The Kier molecular flexibility index (Phi) is 5.40. The Hall–Kier alpha value is -0.870. The molecule has 4 heteroatoms. The van der Waals surface area contributed by atoms with Crippen molar-refractivity contribution >= 4 is 0 Å². The predicted octanol–water partition coefficient (Wildman–Crippen LogP) is 2.31. The molecule has 0 radical (unpaired) electrons. The summed E-state index contributed by atoms with van der Waals surface area (Å²) < 4.78 is 7.61. The Morgan fingerprint density at radius 3 is 2.74 bits per heavy atom. The van der Waals surface area contributed by atoms with Crippen molar-refractivity contribution in [2.75, 3.05) is 6.61 Å². The maximum atomic E-state index is 10.5. The van der Waals surface area contributed by atoms with E-state index in [1.54, 1.807) is 4.68 Å². The van der Waals surface area contributed by atoms with Gasteiger partial charge in [0.05, 0.1) is 17.9 Å².